The van der Waals surface area contributed by atoms with Crippen molar-refractivity contribution in [3.05, 3.63) is 59.3 Å². The van der Waals surface area contributed by atoms with E-state index in [-0.39, 0.29) is 46.4 Å². The van der Waals surface area contributed by atoms with E-state index in [1.165, 1.54) is 38.8 Å². The van der Waals surface area contributed by atoms with Gasteiger partial charge in [-0.1, -0.05) is 11.8 Å². The Balaban J connectivity index is 1.45. The lowest BCUT2D eigenvalue weighted by atomic mass is 10.2. The van der Waals surface area contributed by atoms with Crippen molar-refractivity contribution in [1.29, 1.82) is 0 Å². The highest BCUT2D eigenvalue weighted by Crippen LogP contribution is 2.26. The van der Waals surface area contributed by atoms with Gasteiger partial charge >= 0.3 is 0 Å². The number of aromatic hydroxyl groups is 2. The monoisotopic (exact) mass is 554 g/mol. The summed E-state index contributed by atoms with van der Waals surface area (Å²) in [6.07, 6.45) is 2.80. The van der Waals surface area contributed by atoms with Gasteiger partial charge in [0.2, 0.25) is 5.88 Å². The van der Waals surface area contributed by atoms with E-state index >= 15 is 0 Å². The molecule has 0 aliphatic rings. The van der Waals surface area contributed by atoms with Crippen LogP contribution in [-0.2, 0) is 9.59 Å². The Morgan fingerprint density at radius 2 is 1.46 bits per heavy atom. The maximum atomic E-state index is 12.1. The summed E-state index contributed by atoms with van der Waals surface area (Å²) >= 11 is 1.07. The number of hydrogen-bond acceptors (Lipinski definition) is 12. The molecule has 204 valence electrons. The number of nitrogens with one attached hydrogen (secondary N) is 2. The number of methoxy groups -OCH3 is 2. The van der Waals surface area contributed by atoms with Gasteiger partial charge in [0, 0.05) is 11.8 Å². The molecule has 0 saturated heterocycles. The van der Waals surface area contributed by atoms with Gasteiger partial charge in [0.15, 0.2) is 34.8 Å². The van der Waals surface area contributed by atoms with E-state index in [4.69, 9.17) is 14.2 Å². The molecule has 13 nitrogen and oxygen atoms in total. The molecule has 0 saturated carbocycles. The Kier molecular flexibility index (Phi) is 10.4. The first-order valence-electron chi connectivity index (χ1n) is 11.3. The summed E-state index contributed by atoms with van der Waals surface area (Å²) in [5.41, 5.74) is 6.54. The van der Waals surface area contributed by atoms with Crippen molar-refractivity contribution in [3.8, 4) is 28.9 Å². The second kappa shape index (κ2) is 14.2. The molecule has 0 aliphatic heterocycles. The number of thioether (sulfide) groups is 1. The Labute approximate surface area is 227 Å². The lowest BCUT2D eigenvalue weighted by Gasteiger charge is -2.07. The van der Waals surface area contributed by atoms with Crippen molar-refractivity contribution in [1.82, 2.24) is 20.8 Å². The van der Waals surface area contributed by atoms with E-state index in [2.05, 4.69) is 31.0 Å². The van der Waals surface area contributed by atoms with Gasteiger partial charge in [0.25, 0.3) is 11.8 Å². The van der Waals surface area contributed by atoms with Gasteiger partial charge < -0.3 is 24.4 Å². The van der Waals surface area contributed by atoms with Crippen LogP contribution in [0.5, 0.6) is 28.9 Å². The average Bonchev–Trinajstić information content (AvgIpc) is 2.92. The number of aryl methyl sites for hydroxylation is 1. The van der Waals surface area contributed by atoms with Crippen LogP contribution >= 0.6 is 11.8 Å². The second-order valence-electron chi connectivity index (χ2n) is 7.66. The van der Waals surface area contributed by atoms with E-state index in [1.807, 2.05) is 0 Å². The molecule has 0 atom stereocenters. The van der Waals surface area contributed by atoms with Crippen LogP contribution in [0.2, 0.25) is 0 Å². The second-order valence-corrected chi connectivity index (χ2v) is 8.60. The summed E-state index contributed by atoms with van der Waals surface area (Å²) in [5, 5.41) is 27.3. The lowest BCUT2D eigenvalue weighted by Crippen LogP contribution is -2.25. The molecule has 0 spiro atoms. The first-order valence-corrected chi connectivity index (χ1v) is 12.2. The molecule has 0 unspecified atom stereocenters. The third-order valence-electron chi connectivity index (χ3n) is 4.71. The summed E-state index contributed by atoms with van der Waals surface area (Å²) in [4.78, 5) is 32.7. The molecule has 4 N–H and O–H groups in total. The van der Waals surface area contributed by atoms with Gasteiger partial charge in [-0.3, -0.25) is 9.59 Å². The van der Waals surface area contributed by atoms with Crippen LogP contribution in [-0.4, -0.2) is 71.0 Å². The number of hydrogen-bond donors (Lipinski definition) is 4. The Bertz CT molecular complexity index is 1280. The number of amides is 2. The number of benzene rings is 2. The third kappa shape index (κ3) is 9.19. The number of aromatic nitrogens is 2. The van der Waals surface area contributed by atoms with Crippen LogP contribution in [0.4, 0.5) is 0 Å². The van der Waals surface area contributed by atoms with Crippen LogP contribution in [0.1, 0.15) is 16.8 Å². The maximum Gasteiger partial charge on any atom is 0.278 e. The van der Waals surface area contributed by atoms with Crippen molar-refractivity contribution in [3.63, 3.8) is 0 Å². The van der Waals surface area contributed by atoms with Crippen LogP contribution in [0.25, 0.3) is 0 Å². The number of carbonyl (C=O) groups is 2. The Morgan fingerprint density at radius 1 is 0.897 bits per heavy atom. The minimum absolute atomic E-state index is 0.00212. The summed E-state index contributed by atoms with van der Waals surface area (Å²) in [6, 6.07) is 10.8. The fraction of sp³-hybridized carbons (Fsp3) is 0.200. The van der Waals surface area contributed by atoms with Crippen molar-refractivity contribution < 1.29 is 34.0 Å². The Morgan fingerprint density at radius 3 is 2.03 bits per heavy atom. The topological polar surface area (TPSA) is 177 Å². The predicted octanol–water partition coefficient (Wildman–Crippen LogP) is 1.98. The zero-order valence-electron chi connectivity index (χ0n) is 21.2. The minimum atomic E-state index is -0.522. The molecule has 0 radical (unpaired) electrons. The maximum absolute atomic E-state index is 12.1. The van der Waals surface area contributed by atoms with Crippen molar-refractivity contribution >= 4 is 36.0 Å². The third-order valence-corrected chi connectivity index (χ3v) is 5.55. The Hall–Kier alpha value is -4.85. The molecule has 1 heterocycles. The van der Waals surface area contributed by atoms with Gasteiger partial charge in [0.05, 0.1) is 32.4 Å². The summed E-state index contributed by atoms with van der Waals surface area (Å²) < 4.78 is 15.5. The number of phenols is 2. The zero-order chi connectivity index (χ0) is 28.2. The number of nitrogens with zero attached hydrogens (tertiary/aromatic N) is 4. The first-order chi connectivity index (χ1) is 18.8. The minimum Gasteiger partial charge on any atom is -0.504 e. The quantitative estimate of drug-likeness (QED) is 0.112. The highest BCUT2D eigenvalue weighted by Gasteiger charge is 2.09. The molecule has 0 bridgehead atoms. The van der Waals surface area contributed by atoms with E-state index in [0.29, 0.717) is 16.8 Å². The SMILES string of the molecule is COc1cc(/C=N\NC(=O)COc2cc(C)nc(SCC(=O)N/N=C\c3ccc(O)c(OC)c3)n2)ccc1O. The number of ether oxygens (including phenoxy) is 3. The first kappa shape index (κ1) is 28.7. The van der Waals surface area contributed by atoms with Crippen LogP contribution in [0.15, 0.2) is 57.8 Å². The van der Waals surface area contributed by atoms with Crippen LogP contribution in [0.3, 0.4) is 0 Å². The lowest BCUT2D eigenvalue weighted by molar-refractivity contribution is -0.123. The number of phenolic OH excluding ortho intramolecular Hbond substituents is 2. The average molecular weight is 555 g/mol. The largest absolute Gasteiger partial charge is 0.504 e. The zero-order valence-corrected chi connectivity index (χ0v) is 22.1. The number of hydrazone groups is 2. The molecule has 0 fully saturated rings. The summed E-state index contributed by atoms with van der Waals surface area (Å²) in [5.74, 6) is -0.214. The standard InChI is InChI=1S/C25H26N6O7S/c1-15-8-24(38-13-22(34)30-26-11-16-4-6-18(32)20(9-16)36-2)29-25(28-15)39-14-23(35)31-27-12-17-5-7-19(33)21(10-17)37-3/h4-12,32-33H,13-14H2,1-3H3,(H,30,34)(H,31,35)/b26-11-,27-12-. The molecule has 14 heteroatoms. The molecular formula is C25H26N6O7S. The van der Waals surface area contributed by atoms with Gasteiger partial charge in [0.1, 0.15) is 0 Å². The highest BCUT2D eigenvalue weighted by molar-refractivity contribution is 7.99. The fourth-order valence-corrected chi connectivity index (χ4v) is 3.58. The van der Waals surface area contributed by atoms with Crippen molar-refractivity contribution in [2.45, 2.75) is 12.1 Å². The number of rotatable bonds is 12. The van der Waals surface area contributed by atoms with Crippen LogP contribution < -0.4 is 25.1 Å². The molecular weight excluding hydrogens is 528 g/mol. The molecule has 39 heavy (non-hydrogen) atoms. The smallest absolute Gasteiger partial charge is 0.278 e. The molecule has 1 aromatic heterocycles. The molecule has 2 amide bonds. The number of carbonyl (C=O) groups excluding carboxylic acids is 2. The van der Waals surface area contributed by atoms with Crippen molar-refractivity contribution in [2.24, 2.45) is 10.2 Å². The summed E-state index contributed by atoms with van der Waals surface area (Å²) in [6.45, 7) is 1.37. The van der Waals surface area contributed by atoms with Gasteiger partial charge in [-0.15, -0.1) is 0 Å². The van der Waals surface area contributed by atoms with E-state index < -0.39 is 11.8 Å². The molecule has 3 aromatic rings. The van der Waals surface area contributed by atoms with E-state index in [1.54, 1.807) is 37.3 Å². The molecule has 2 aromatic carbocycles. The van der Waals surface area contributed by atoms with E-state index in [0.717, 1.165) is 11.8 Å². The van der Waals surface area contributed by atoms with Crippen molar-refractivity contribution in [2.75, 3.05) is 26.6 Å². The van der Waals surface area contributed by atoms with Gasteiger partial charge in [-0.05, 0) is 54.4 Å². The predicted molar refractivity (Wildman–Crippen MR) is 144 cm³/mol. The van der Waals surface area contributed by atoms with Crippen LogP contribution in [0, 0.1) is 6.92 Å². The van der Waals surface area contributed by atoms with Gasteiger partial charge in [-0.2, -0.15) is 15.2 Å². The highest BCUT2D eigenvalue weighted by atomic mass is 32.2. The molecule has 3 rings (SSSR count). The van der Waals surface area contributed by atoms with Gasteiger partial charge in [-0.25, -0.2) is 15.8 Å². The molecule has 0 aliphatic carbocycles. The fourth-order valence-electron chi connectivity index (χ4n) is 2.89. The summed E-state index contributed by atoms with van der Waals surface area (Å²) in [7, 11) is 2.86. The normalized spacial score (nSPS) is 10.9. The van der Waals surface area contributed by atoms with E-state index in [9.17, 15) is 19.8 Å².